The number of carboxylic acids is 1. The number of anilines is 2. The summed E-state index contributed by atoms with van der Waals surface area (Å²) in [5.74, 6) is 0.722. The van der Waals surface area contributed by atoms with E-state index in [0.717, 1.165) is 18.8 Å². The summed E-state index contributed by atoms with van der Waals surface area (Å²) in [6, 6.07) is 1.93. The summed E-state index contributed by atoms with van der Waals surface area (Å²) in [7, 11) is 0. The molecular weight excluding hydrogens is 232 g/mol. The largest absolute Gasteiger partial charge is 0.480 e. The Bertz CT molecular complexity index is 461. The molecule has 1 atom stereocenters. The van der Waals surface area contributed by atoms with Crippen molar-refractivity contribution in [2.24, 2.45) is 0 Å². The van der Waals surface area contributed by atoms with Crippen molar-refractivity contribution in [1.29, 1.82) is 0 Å². The summed E-state index contributed by atoms with van der Waals surface area (Å²) in [6.07, 6.45) is 5.44. The summed E-state index contributed by atoms with van der Waals surface area (Å²) < 4.78 is 0. The van der Waals surface area contributed by atoms with Crippen LogP contribution in [0.25, 0.3) is 0 Å². The molecule has 96 valence electrons. The zero-order valence-corrected chi connectivity index (χ0v) is 10.0. The predicted octanol–water partition coefficient (Wildman–Crippen LogP) is 1.10. The summed E-state index contributed by atoms with van der Waals surface area (Å²) in [5, 5.41) is 12.5. The van der Waals surface area contributed by atoms with Crippen LogP contribution >= 0.6 is 0 Å². The highest BCUT2D eigenvalue weighted by molar-refractivity contribution is 5.78. The van der Waals surface area contributed by atoms with Crippen LogP contribution in [0, 0.1) is 0 Å². The van der Waals surface area contributed by atoms with Crippen molar-refractivity contribution in [2.75, 3.05) is 16.8 Å². The van der Waals surface area contributed by atoms with Gasteiger partial charge in [0.1, 0.15) is 24.0 Å². The van der Waals surface area contributed by atoms with E-state index in [1.807, 2.05) is 11.0 Å². The van der Waals surface area contributed by atoms with Crippen LogP contribution < -0.4 is 10.2 Å². The molecule has 1 aliphatic carbocycles. The molecule has 18 heavy (non-hydrogen) atoms. The van der Waals surface area contributed by atoms with E-state index in [1.165, 1.54) is 19.2 Å². The molecule has 6 nitrogen and oxygen atoms in total. The van der Waals surface area contributed by atoms with E-state index >= 15 is 0 Å². The SMILES string of the molecule is O=C(O)[C@@H]1CCCN1c1cc(NC2CC2)ncn1. The molecule has 1 aliphatic heterocycles. The second kappa shape index (κ2) is 4.44. The Labute approximate surface area is 105 Å². The lowest BCUT2D eigenvalue weighted by Crippen LogP contribution is -2.36. The lowest BCUT2D eigenvalue weighted by molar-refractivity contribution is -0.138. The van der Waals surface area contributed by atoms with Gasteiger partial charge in [-0.2, -0.15) is 0 Å². The molecular formula is C12H16N4O2. The third kappa shape index (κ3) is 2.23. The van der Waals surface area contributed by atoms with Gasteiger partial charge >= 0.3 is 5.97 Å². The highest BCUT2D eigenvalue weighted by atomic mass is 16.4. The minimum absolute atomic E-state index is 0.450. The first-order chi connectivity index (χ1) is 8.74. The maximum atomic E-state index is 11.2. The van der Waals surface area contributed by atoms with Crippen LogP contribution in [-0.4, -0.2) is 39.7 Å². The number of nitrogens with one attached hydrogen (secondary N) is 1. The van der Waals surface area contributed by atoms with E-state index in [1.54, 1.807) is 0 Å². The van der Waals surface area contributed by atoms with Crippen LogP contribution in [0.2, 0.25) is 0 Å². The average molecular weight is 248 g/mol. The monoisotopic (exact) mass is 248 g/mol. The molecule has 0 spiro atoms. The van der Waals surface area contributed by atoms with E-state index < -0.39 is 12.0 Å². The number of aromatic nitrogens is 2. The minimum Gasteiger partial charge on any atom is -0.480 e. The van der Waals surface area contributed by atoms with Crippen molar-refractivity contribution in [3.05, 3.63) is 12.4 Å². The van der Waals surface area contributed by atoms with Crippen molar-refractivity contribution >= 4 is 17.6 Å². The first-order valence-electron chi connectivity index (χ1n) is 6.32. The van der Waals surface area contributed by atoms with Crippen LogP contribution in [0.15, 0.2) is 12.4 Å². The van der Waals surface area contributed by atoms with Crippen molar-refractivity contribution in [2.45, 2.75) is 37.8 Å². The van der Waals surface area contributed by atoms with E-state index in [-0.39, 0.29) is 0 Å². The fourth-order valence-corrected chi connectivity index (χ4v) is 2.32. The smallest absolute Gasteiger partial charge is 0.326 e. The van der Waals surface area contributed by atoms with Gasteiger partial charge < -0.3 is 15.3 Å². The van der Waals surface area contributed by atoms with Gasteiger partial charge in [0.25, 0.3) is 0 Å². The van der Waals surface area contributed by atoms with Crippen LogP contribution in [0.4, 0.5) is 11.6 Å². The first-order valence-corrected chi connectivity index (χ1v) is 6.32. The molecule has 0 amide bonds. The number of hydrogen-bond acceptors (Lipinski definition) is 5. The summed E-state index contributed by atoms with van der Waals surface area (Å²) in [6.45, 7) is 0.747. The average Bonchev–Trinajstić information content (AvgIpc) is 3.03. The summed E-state index contributed by atoms with van der Waals surface area (Å²) in [4.78, 5) is 21.4. The zero-order chi connectivity index (χ0) is 12.5. The molecule has 0 unspecified atom stereocenters. The van der Waals surface area contributed by atoms with Crippen LogP contribution in [-0.2, 0) is 4.79 Å². The lowest BCUT2D eigenvalue weighted by Gasteiger charge is -2.22. The highest BCUT2D eigenvalue weighted by Crippen LogP contribution is 2.27. The maximum Gasteiger partial charge on any atom is 0.326 e. The molecule has 1 saturated heterocycles. The molecule has 6 heteroatoms. The Morgan fingerprint density at radius 3 is 2.94 bits per heavy atom. The topological polar surface area (TPSA) is 78.4 Å². The Hall–Kier alpha value is -1.85. The quantitative estimate of drug-likeness (QED) is 0.831. The van der Waals surface area contributed by atoms with Crippen LogP contribution in [0.5, 0.6) is 0 Å². The van der Waals surface area contributed by atoms with Crippen LogP contribution in [0.3, 0.4) is 0 Å². The number of hydrogen-bond donors (Lipinski definition) is 2. The number of carboxylic acid groups (broad SMARTS) is 1. The van der Waals surface area contributed by atoms with Gasteiger partial charge in [-0.15, -0.1) is 0 Å². The lowest BCUT2D eigenvalue weighted by atomic mass is 10.2. The fourth-order valence-electron chi connectivity index (χ4n) is 2.32. The van der Waals surface area contributed by atoms with Crippen molar-refractivity contribution < 1.29 is 9.90 Å². The summed E-state index contributed by atoms with van der Waals surface area (Å²) >= 11 is 0. The minimum atomic E-state index is -0.775. The summed E-state index contributed by atoms with van der Waals surface area (Å²) in [5.41, 5.74) is 0. The molecule has 3 rings (SSSR count). The molecule has 2 aliphatic rings. The normalized spacial score (nSPS) is 23.1. The molecule has 0 radical (unpaired) electrons. The maximum absolute atomic E-state index is 11.2. The third-order valence-electron chi connectivity index (χ3n) is 3.41. The second-order valence-corrected chi connectivity index (χ2v) is 4.87. The molecule has 2 fully saturated rings. The van der Waals surface area contributed by atoms with Gasteiger partial charge in [-0.1, -0.05) is 0 Å². The molecule has 1 saturated carbocycles. The fraction of sp³-hybridized carbons (Fsp3) is 0.583. The van der Waals surface area contributed by atoms with E-state index in [4.69, 9.17) is 5.11 Å². The Morgan fingerprint density at radius 2 is 2.22 bits per heavy atom. The van der Waals surface area contributed by atoms with Gasteiger partial charge in [-0.3, -0.25) is 0 Å². The van der Waals surface area contributed by atoms with Gasteiger partial charge in [-0.05, 0) is 25.7 Å². The number of carbonyl (C=O) groups is 1. The van der Waals surface area contributed by atoms with Crippen molar-refractivity contribution in [3.8, 4) is 0 Å². The molecule has 1 aromatic rings. The first kappa shape index (κ1) is 11.3. The molecule has 0 bridgehead atoms. The number of nitrogens with zero attached hydrogens (tertiary/aromatic N) is 3. The number of aliphatic carboxylic acids is 1. The predicted molar refractivity (Wildman–Crippen MR) is 66.7 cm³/mol. The van der Waals surface area contributed by atoms with Crippen molar-refractivity contribution in [1.82, 2.24) is 9.97 Å². The molecule has 2 N–H and O–H groups in total. The number of rotatable bonds is 4. The van der Waals surface area contributed by atoms with E-state index in [0.29, 0.717) is 18.3 Å². The van der Waals surface area contributed by atoms with E-state index in [9.17, 15) is 4.79 Å². The standard InChI is InChI=1S/C12H16N4O2/c17-12(18)9-2-1-5-16(9)11-6-10(13-7-14-11)15-8-3-4-8/h6-9H,1-5H2,(H,17,18)(H,13,14,15)/t9-/m0/s1. The Balaban J connectivity index is 1.79. The zero-order valence-electron chi connectivity index (χ0n) is 10.0. The third-order valence-corrected chi connectivity index (χ3v) is 3.41. The van der Waals surface area contributed by atoms with Gasteiger partial charge in [-0.25, -0.2) is 14.8 Å². The second-order valence-electron chi connectivity index (χ2n) is 4.87. The van der Waals surface area contributed by atoms with Gasteiger partial charge in [0.2, 0.25) is 0 Å². The molecule has 1 aromatic heterocycles. The van der Waals surface area contributed by atoms with Gasteiger partial charge in [0.05, 0.1) is 0 Å². The molecule has 0 aromatic carbocycles. The van der Waals surface area contributed by atoms with Crippen molar-refractivity contribution in [3.63, 3.8) is 0 Å². The Morgan fingerprint density at radius 1 is 1.39 bits per heavy atom. The van der Waals surface area contributed by atoms with Gasteiger partial charge in [0.15, 0.2) is 0 Å². The van der Waals surface area contributed by atoms with Gasteiger partial charge in [0, 0.05) is 18.7 Å². The van der Waals surface area contributed by atoms with Crippen LogP contribution in [0.1, 0.15) is 25.7 Å². The Kier molecular flexibility index (Phi) is 2.77. The van der Waals surface area contributed by atoms with E-state index in [2.05, 4.69) is 15.3 Å². The highest BCUT2D eigenvalue weighted by Gasteiger charge is 2.31. The molecule has 2 heterocycles.